The lowest BCUT2D eigenvalue weighted by Gasteiger charge is -2.12. The SMILES string of the molecule is NC(Cc1cccc(Cl)c1Cl)CC1CC1. The Morgan fingerprint density at radius 3 is 2.73 bits per heavy atom. The van der Waals surface area contributed by atoms with Gasteiger partial charge in [-0.3, -0.25) is 0 Å². The van der Waals surface area contributed by atoms with Crippen molar-refractivity contribution in [1.29, 1.82) is 0 Å². The van der Waals surface area contributed by atoms with Gasteiger partial charge < -0.3 is 5.73 Å². The number of rotatable bonds is 4. The van der Waals surface area contributed by atoms with Crippen molar-refractivity contribution in [2.45, 2.75) is 31.7 Å². The molecule has 1 aliphatic carbocycles. The Morgan fingerprint density at radius 1 is 1.33 bits per heavy atom. The molecule has 0 bridgehead atoms. The molecule has 1 nitrogen and oxygen atoms in total. The molecular weight excluding hydrogens is 229 g/mol. The molecule has 0 amide bonds. The lowest BCUT2D eigenvalue weighted by molar-refractivity contribution is 0.567. The van der Waals surface area contributed by atoms with Gasteiger partial charge >= 0.3 is 0 Å². The van der Waals surface area contributed by atoms with Crippen molar-refractivity contribution in [1.82, 2.24) is 0 Å². The Morgan fingerprint density at radius 2 is 2.07 bits per heavy atom. The van der Waals surface area contributed by atoms with Crippen molar-refractivity contribution in [2.24, 2.45) is 11.7 Å². The Kier molecular flexibility index (Phi) is 3.55. The van der Waals surface area contributed by atoms with E-state index in [0.717, 1.165) is 24.3 Å². The lowest BCUT2D eigenvalue weighted by atomic mass is 10.0. The number of halogens is 2. The van der Waals surface area contributed by atoms with Crippen LogP contribution in [0.3, 0.4) is 0 Å². The number of nitrogens with two attached hydrogens (primary N) is 1. The van der Waals surface area contributed by atoms with E-state index in [0.29, 0.717) is 10.0 Å². The fourth-order valence-electron chi connectivity index (χ4n) is 1.85. The van der Waals surface area contributed by atoms with Gasteiger partial charge in [0.2, 0.25) is 0 Å². The van der Waals surface area contributed by atoms with E-state index in [9.17, 15) is 0 Å². The first-order valence-corrected chi connectivity index (χ1v) is 6.11. The quantitative estimate of drug-likeness (QED) is 0.859. The molecule has 1 atom stereocenters. The van der Waals surface area contributed by atoms with Gasteiger partial charge in [-0.1, -0.05) is 48.2 Å². The minimum absolute atomic E-state index is 0.216. The van der Waals surface area contributed by atoms with Gasteiger partial charge in [-0.2, -0.15) is 0 Å². The zero-order valence-electron chi connectivity index (χ0n) is 8.55. The van der Waals surface area contributed by atoms with E-state index in [1.807, 2.05) is 12.1 Å². The Bertz CT molecular complexity index is 347. The lowest BCUT2D eigenvalue weighted by Crippen LogP contribution is -2.23. The van der Waals surface area contributed by atoms with Gasteiger partial charge in [0.15, 0.2) is 0 Å². The molecule has 82 valence electrons. The van der Waals surface area contributed by atoms with Gasteiger partial charge in [-0.05, 0) is 30.4 Å². The summed E-state index contributed by atoms with van der Waals surface area (Å²) < 4.78 is 0. The molecule has 0 heterocycles. The Balaban J connectivity index is 1.99. The van der Waals surface area contributed by atoms with E-state index in [4.69, 9.17) is 28.9 Å². The molecule has 1 fully saturated rings. The fraction of sp³-hybridized carbons (Fsp3) is 0.500. The average molecular weight is 244 g/mol. The second-order valence-corrected chi connectivity index (χ2v) is 5.14. The van der Waals surface area contributed by atoms with Crippen LogP contribution in [0.15, 0.2) is 18.2 Å². The van der Waals surface area contributed by atoms with Crippen molar-refractivity contribution in [3.8, 4) is 0 Å². The summed E-state index contributed by atoms with van der Waals surface area (Å²) in [5.41, 5.74) is 7.13. The third kappa shape index (κ3) is 3.10. The van der Waals surface area contributed by atoms with Gasteiger partial charge in [-0.25, -0.2) is 0 Å². The summed E-state index contributed by atoms with van der Waals surface area (Å²) >= 11 is 12.0. The number of benzene rings is 1. The molecular formula is C12H15Cl2N. The molecule has 2 rings (SSSR count). The summed E-state index contributed by atoms with van der Waals surface area (Å²) in [6, 6.07) is 5.95. The third-order valence-corrected chi connectivity index (χ3v) is 3.70. The summed E-state index contributed by atoms with van der Waals surface area (Å²) in [6.07, 6.45) is 4.63. The van der Waals surface area contributed by atoms with E-state index in [-0.39, 0.29) is 6.04 Å². The highest BCUT2D eigenvalue weighted by Crippen LogP contribution is 2.34. The first-order valence-electron chi connectivity index (χ1n) is 5.35. The van der Waals surface area contributed by atoms with Crippen LogP contribution in [0.25, 0.3) is 0 Å². The van der Waals surface area contributed by atoms with Crippen LogP contribution < -0.4 is 5.73 Å². The van der Waals surface area contributed by atoms with Gasteiger partial charge in [0.1, 0.15) is 0 Å². The number of hydrogen-bond acceptors (Lipinski definition) is 1. The van der Waals surface area contributed by atoms with Gasteiger partial charge in [0.05, 0.1) is 10.0 Å². The molecule has 15 heavy (non-hydrogen) atoms. The van der Waals surface area contributed by atoms with Crippen molar-refractivity contribution in [2.75, 3.05) is 0 Å². The molecule has 0 spiro atoms. The summed E-state index contributed by atoms with van der Waals surface area (Å²) in [7, 11) is 0. The molecule has 1 aromatic rings. The van der Waals surface area contributed by atoms with Crippen LogP contribution in [-0.2, 0) is 6.42 Å². The predicted octanol–water partition coefficient (Wildman–Crippen LogP) is 3.66. The zero-order valence-corrected chi connectivity index (χ0v) is 10.1. The van der Waals surface area contributed by atoms with Crippen molar-refractivity contribution >= 4 is 23.2 Å². The molecule has 1 aromatic carbocycles. The number of hydrogen-bond donors (Lipinski definition) is 1. The Labute approximate surface area is 101 Å². The molecule has 1 aliphatic rings. The molecule has 3 heteroatoms. The van der Waals surface area contributed by atoms with Crippen LogP contribution in [-0.4, -0.2) is 6.04 Å². The zero-order chi connectivity index (χ0) is 10.8. The van der Waals surface area contributed by atoms with E-state index in [1.54, 1.807) is 6.07 Å². The van der Waals surface area contributed by atoms with E-state index < -0.39 is 0 Å². The summed E-state index contributed by atoms with van der Waals surface area (Å²) in [4.78, 5) is 0. The maximum absolute atomic E-state index is 6.10. The maximum Gasteiger partial charge on any atom is 0.0624 e. The van der Waals surface area contributed by atoms with Crippen molar-refractivity contribution in [3.63, 3.8) is 0 Å². The van der Waals surface area contributed by atoms with E-state index >= 15 is 0 Å². The molecule has 0 radical (unpaired) electrons. The summed E-state index contributed by atoms with van der Waals surface area (Å²) in [6.45, 7) is 0. The average Bonchev–Trinajstić information content (AvgIpc) is 2.97. The predicted molar refractivity (Wildman–Crippen MR) is 65.5 cm³/mol. The molecule has 0 aromatic heterocycles. The first kappa shape index (κ1) is 11.3. The minimum Gasteiger partial charge on any atom is -0.327 e. The normalized spacial score (nSPS) is 17.8. The second kappa shape index (κ2) is 4.73. The Hall–Kier alpha value is -0.240. The van der Waals surface area contributed by atoms with Gasteiger partial charge in [0, 0.05) is 6.04 Å². The summed E-state index contributed by atoms with van der Waals surface area (Å²) in [5.74, 6) is 0.859. The molecule has 2 N–H and O–H groups in total. The van der Waals surface area contributed by atoms with Crippen LogP contribution >= 0.6 is 23.2 Å². The fourth-order valence-corrected chi connectivity index (χ4v) is 2.25. The summed E-state index contributed by atoms with van der Waals surface area (Å²) in [5, 5.41) is 1.28. The monoisotopic (exact) mass is 243 g/mol. The van der Waals surface area contributed by atoms with Crippen LogP contribution in [0.4, 0.5) is 0 Å². The maximum atomic E-state index is 6.10. The van der Waals surface area contributed by atoms with Crippen LogP contribution in [0.5, 0.6) is 0 Å². The topological polar surface area (TPSA) is 26.0 Å². The van der Waals surface area contributed by atoms with Gasteiger partial charge in [0.25, 0.3) is 0 Å². The minimum atomic E-state index is 0.216. The first-order chi connectivity index (χ1) is 7.16. The highest BCUT2D eigenvalue weighted by atomic mass is 35.5. The van der Waals surface area contributed by atoms with Crippen LogP contribution in [0.2, 0.25) is 10.0 Å². The highest BCUT2D eigenvalue weighted by Gasteiger charge is 2.24. The van der Waals surface area contributed by atoms with Crippen LogP contribution in [0.1, 0.15) is 24.8 Å². The van der Waals surface area contributed by atoms with Crippen LogP contribution in [0, 0.1) is 5.92 Å². The van der Waals surface area contributed by atoms with Crippen molar-refractivity contribution < 1.29 is 0 Å². The third-order valence-electron chi connectivity index (χ3n) is 2.85. The molecule has 0 aliphatic heterocycles. The standard InChI is InChI=1S/C12H15Cl2N/c13-11-3-1-2-9(12(11)14)7-10(15)6-8-4-5-8/h1-3,8,10H,4-7,15H2. The molecule has 1 unspecified atom stereocenters. The highest BCUT2D eigenvalue weighted by molar-refractivity contribution is 6.42. The van der Waals surface area contributed by atoms with Crippen molar-refractivity contribution in [3.05, 3.63) is 33.8 Å². The molecule has 0 saturated heterocycles. The van der Waals surface area contributed by atoms with E-state index in [2.05, 4.69) is 0 Å². The molecule has 1 saturated carbocycles. The smallest absolute Gasteiger partial charge is 0.0624 e. The second-order valence-electron chi connectivity index (χ2n) is 4.36. The largest absolute Gasteiger partial charge is 0.327 e. The van der Waals surface area contributed by atoms with E-state index in [1.165, 1.54) is 12.8 Å². The van der Waals surface area contributed by atoms with Gasteiger partial charge in [-0.15, -0.1) is 0 Å².